The Labute approximate surface area is 159 Å². The molecule has 1 aliphatic heterocycles. The molecule has 1 atom stereocenters. The van der Waals surface area contributed by atoms with Gasteiger partial charge in [-0.15, -0.1) is 11.8 Å². The summed E-state index contributed by atoms with van der Waals surface area (Å²) >= 11 is 1.58. The average molecular weight is 393 g/mol. The number of thioether (sulfide) groups is 1. The number of ether oxygens (including phenoxy) is 1. The Morgan fingerprint density at radius 2 is 1.65 bits per heavy atom. The number of nitrogens with zero attached hydrogens (tertiary/aromatic N) is 1. The number of benzene rings is 2. The van der Waals surface area contributed by atoms with Gasteiger partial charge in [0.05, 0.1) is 18.1 Å². The van der Waals surface area contributed by atoms with Crippen LogP contribution >= 0.6 is 11.8 Å². The van der Waals surface area contributed by atoms with Gasteiger partial charge in [-0.1, -0.05) is 12.1 Å². The molecule has 1 heterocycles. The van der Waals surface area contributed by atoms with Crippen molar-refractivity contribution in [1.82, 2.24) is 4.72 Å². The van der Waals surface area contributed by atoms with Crippen LogP contribution in [0.3, 0.4) is 0 Å². The smallest absolute Gasteiger partial charge is 0.241 e. The van der Waals surface area contributed by atoms with Crippen molar-refractivity contribution in [3.8, 4) is 0 Å². The van der Waals surface area contributed by atoms with E-state index in [-0.39, 0.29) is 10.9 Å². The first-order valence-corrected chi connectivity index (χ1v) is 11.3. The molecule has 0 amide bonds. The summed E-state index contributed by atoms with van der Waals surface area (Å²) in [4.78, 5) is 3.60. The summed E-state index contributed by atoms with van der Waals surface area (Å²) in [5, 5.41) is 0. The van der Waals surface area contributed by atoms with Gasteiger partial charge in [0.15, 0.2) is 0 Å². The van der Waals surface area contributed by atoms with E-state index in [9.17, 15) is 8.42 Å². The van der Waals surface area contributed by atoms with Gasteiger partial charge in [-0.25, -0.2) is 13.1 Å². The molecule has 2 aromatic rings. The first-order valence-electron chi connectivity index (χ1n) is 8.58. The molecule has 3 rings (SSSR count). The molecule has 1 fully saturated rings. The first kappa shape index (κ1) is 19.2. The summed E-state index contributed by atoms with van der Waals surface area (Å²) < 4.78 is 33.3. The maximum absolute atomic E-state index is 12.6. The average Bonchev–Trinajstić information content (AvgIpc) is 2.68. The number of anilines is 1. The third-order valence-corrected chi connectivity index (χ3v) is 6.77. The summed E-state index contributed by atoms with van der Waals surface area (Å²) in [7, 11) is -3.55. The Morgan fingerprint density at radius 1 is 1.04 bits per heavy atom. The lowest BCUT2D eigenvalue weighted by Crippen LogP contribution is -2.36. The van der Waals surface area contributed by atoms with E-state index >= 15 is 0 Å². The van der Waals surface area contributed by atoms with Crippen molar-refractivity contribution in [3.63, 3.8) is 0 Å². The SMILES string of the molecule is CSc1ccc(S(=O)(=O)NC(C)c2ccc(N3CCOCC3)cc2)cc1. The highest BCUT2D eigenvalue weighted by molar-refractivity contribution is 7.98. The molecule has 1 saturated heterocycles. The number of hydrogen-bond acceptors (Lipinski definition) is 5. The molecule has 1 unspecified atom stereocenters. The zero-order chi connectivity index (χ0) is 18.6. The first-order chi connectivity index (χ1) is 12.5. The molecule has 1 N–H and O–H groups in total. The lowest BCUT2D eigenvalue weighted by atomic mass is 10.1. The van der Waals surface area contributed by atoms with Crippen LogP contribution in [0.2, 0.25) is 0 Å². The highest BCUT2D eigenvalue weighted by atomic mass is 32.2. The van der Waals surface area contributed by atoms with E-state index in [4.69, 9.17) is 4.74 Å². The fourth-order valence-electron chi connectivity index (χ4n) is 2.92. The fraction of sp³-hybridized carbons (Fsp3) is 0.368. The van der Waals surface area contributed by atoms with Crippen LogP contribution in [0.5, 0.6) is 0 Å². The number of rotatable bonds is 6. The van der Waals surface area contributed by atoms with Crippen molar-refractivity contribution in [2.45, 2.75) is 22.8 Å². The van der Waals surface area contributed by atoms with E-state index in [1.807, 2.05) is 49.6 Å². The molecule has 0 spiro atoms. The van der Waals surface area contributed by atoms with E-state index in [0.717, 1.165) is 42.4 Å². The minimum atomic E-state index is -3.55. The summed E-state index contributed by atoms with van der Waals surface area (Å²) in [6, 6.07) is 14.7. The van der Waals surface area contributed by atoms with Crippen LogP contribution in [0.4, 0.5) is 5.69 Å². The Kier molecular flexibility index (Phi) is 6.24. The van der Waals surface area contributed by atoms with Gasteiger partial charge in [0.25, 0.3) is 0 Å². The Balaban J connectivity index is 1.69. The topological polar surface area (TPSA) is 58.6 Å². The van der Waals surface area contributed by atoms with Gasteiger partial charge in [-0.2, -0.15) is 0 Å². The van der Waals surface area contributed by atoms with Crippen LogP contribution in [0.15, 0.2) is 58.3 Å². The molecule has 0 aromatic heterocycles. The van der Waals surface area contributed by atoms with Crippen LogP contribution in [-0.4, -0.2) is 41.0 Å². The minimum Gasteiger partial charge on any atom is -0.378 e. The van der Waals surface area contributed by atoms with Gasteiger partial charge in [-0.3, -0.25) is 0 Å². The van der Waals surface area contributed by atoms with Gasteiger partial charge in [-0.05, 0) is 55.1 Å². The summed E-state index contributed by atoms with van der Waals surface area (Å²) in [5.74, 6) is 0. The molecular weight excluding hydrogens is 368 g/mol. The van der Waals surface area contributed by atoms with E-state index in [1.165, 1.54) is 0 Å². The number of morpholine rings is 1. The molecule has 0 aliphatic carbocycles. The maximum atomic E-state index is 12.6. The molecule has 5 nitrogen and oxygen atoms in total. The van der Waals surface area contributed by atoms with Crippen molar-refractivity contribution in [2.24, 2.45) is 0 Å². The molecule has 0 bridgehead atoms. The van der Waals surface area contributed by atoms with E-state index in [1.54, 1.807) is 23.9 Å². The molecule has 140 valence electrons. The second kappa shape index (κ2) is 8.43. The number of hydrogen-bond donors (Lipinski definition) is 1. The Hall–Kier alpha value is -1.54. The Bertz CT molecular complexity index is 815. The summed E-state index contributed by atoms with van der Waals surface area (Å²) in [6.07, 6.45) is 1.96. The summed E-state index contributed by atoms with van der Waals surface area (Å²) in [6.45, 7) is 5.11. The molecule has 7 heteroatoms. The van der Waals surface area contributed by atoms with Crippen molar-refractivity contribution >= 4 is 27.5 Å². The maximum Gasteiger partial charge on any atom is 0.241 e. The molecule has 0 radical (unpaired) electrons. The lowest BCUT2D eigenvalue weighted by Gasteiger charge is -2.29. The van der Waals surface area contributed by atoms with E-state index in [0.29, 0.717) is 0 Å². The molecular formula is C19H24N2O3S2. The van der Waals surface area contributed by atoms with Crippen LogP contribution in [0, 0.1) is 0 Å². The largest absolute Gasteiger partial charge is 0.378 e. The van der Waals surface area contributed by atoms with Crippen molar-refractivity contribution in [2.75, 3.05) is 37.5 Å². The number of sulfonamides is 1. The van der Waals surface area contributed by atoms with Gasteiger partial charge in [0, 0.05) is 29.7 Å². The lowest BCUT2D eigenvalue weighted by molar-refractivity contribution is 0.122. The molecule has 2 aromatic carbocycles. The normalized spacial score (nSPS) is 16.5. The minimum absolute atomic E-state index is 0.284. The van der Waals surface area contributed by atoms with Crippen molar-refractivity contribution in [3.05, 3.63) is 54.1 Å². The Morgan fingerprint density at radius 3 is 2.23 bits per heavy atom. The highest BCUT2D eigenvalue weighted by Gasteiger charge is 2.19. The molecule has 0 saturated carbocycles. The standard InChI is InChI=1S/C19H24N2O3S2/c1-15(20-26(22,23)19-9-7-18(25-2)8-10-19)16-3-5-17(6-4-16)21-11-13-24-14-12-21/h3-10,15,20H,11-14H2,1-2H3. The second-order valence-electron chi connectivity index (χ2n) is 6.21. The number of nitrogens with one attached hydrogen (secondary N) is 1. The van der Waals surface area contributed by atoms with Gasteiger partial charge in [0.2, 0.25) is 10.0 Å². The van der Waals surface area contributed by atoms with Gasteiger partial charge in [0.1, 0.15) is 0 Å². The van der Waals surface area contributed by atoms with Crippen molar-refractivity contribution < 1.29 is 13.2 Å². The second-order valence-corrected chi connectivity index (χ2v) is 8.80. The third-order valence-electron chi connectivity index (χ3n) is 4.47. The van der Waals surface area contributed by atoms with Gasteiger partial charge >= 0.3 is 0 Å². The van der Waals surface area contributed by atoms with Crippen LogP contribution < -0.4 is 9.62 Å². The van der Waals surface area contributed by atoms with Gasteiger partial charge < -0.3 is 9.64 Å². The molecule has 26 heavy (non-hydrogen) atoms. The monoisotopic (exact) mass is 392 g/mol. The van der Waals surface area contributed by atoms with E-state index < -0.39 is 10.0 Å². The van der Waals surface area contributed by atoms with Crippen LogP contribution in [0.25, 0.3) is 0 Å². The fourth-order valence-corrected chi connectivity index (χ4v) is 4.56. The van der Waals surface area contributed by atoms with Crippen LogP contribution in [0.1, 0.15) is 18.5 Å². The predicted octanol–water partition coefficient (Wildman–Crippen LogP) is 3.28. The summed E-state index contributed by atoms with van der Waals surface area (Å²) in [5.41, 5.74) is 2.08. The van der Waals surface area contributed by atoms with Crippen molar-refractivity contribution in [1.29, 1.82) is 0 Å². The molecule has 1 aliphatic rings. The zero-order valence-electron chi connectivity index (χ0n) is 15.0. The zero-order valence-corrected chi connectivity index (χ0v) is 16.6. The third kappa shape index (κ3) is 4.59. The predicted molar refractivity (Wildman–Crippen MR) is 106 cm³/mol. The van der Waals surface area contributed by atoms with Crippen LogP contribution in [-0.2, 0) is 14.8 Å². The highest BCUT2D eigenvalue weighted by Crippen LogP contribution is 2.23. The van der Waals surface area contributed by atoms with E-state index in [2.05, 4.69) is 9.62 Å². The quantitative estimate of drug-likeness (QED) is 0.765.